The number of hydrogen-bond donors (Lipinski definition) is 1. The zero-order chi connectivity index (χ0) is 35.1. The van der Waals surface area contributed by atoms with Gasteiger partial charge in [-0.15, -0.1) is 0 Å². The molecule has 0 spiro atoms. The minimum atomic E-state index is -0.802. The fourth-order valence-corrected chi connectivity index (χ4v) is 6.83. The Morgan fingerprint density at radius 1 is 0.653 bits per heavy atom. The highest BCUT2D eigenvalue weighted by atomic mass is 35.5. The molecule has 9 nitrogen and oxygen atoms in total. The number of ether oxygens (including phenoxy) is 1. The molecule has 0 saturated heterocycles. The Labute approximate surface area is 296 Å². The van der Waals surface area contributed by atoms with Crippen LogP contribution in [0.15, 0.2) is 58.1 Å². The van der Waals surface area contributed by atoms with E-state index in [1.165, 1.54) is 27.6 Å². The molecule has 0 atom stereocenters. The van der Waals surface area contributed by atoms with Crippen LogP contribution in [0.5, 0.6) is 11.5 Å². The number of aromatic hydroxyl groups is 1. The lowest BCUT2D eigenvalue weighted by Gasteiger charge is -2.17. The van der Waals surface area contributed by atoms with E-state index in [-0.39, 0.29) is 65.2 Å². The van der Waals surface area contributed by atoms with Crippen molar-refractivity contribution in [2.75, 3.05) is 0 Å². The van der Waals surface area contributed by atoms with E-state index in [1.54, 1.807) is 9.36 Å². The first kappa shape index (κ1) is 34.8. The van der Waals surface area contributed by atoms with Gasteiger partial charge in [0.1, 0.15) is 33.5 Å². The summed E-state index contributed by atoms with van der Waals surface area (Å²) >= 11 is 24.2. The van der Waals surface area contributed by atoms with Gasteiger partial charge in [-0.2, -0.15) is 0 Å². The van der Waals surface area contributed by atoms with Crippen molar-refractivity contribution in [3.63, 3.8) is 0 Å². The average Bonchev–Trinajstić information content (AvgIpc) is 3.49. The van der Waals surface area contributed by atoms with Crippen LogP contribution < -0.4 is 15.9 Å². The molecule has 0 aliphatic carbocycles. The molecule has 0 fully saturated rings. The van der Waals surface area contributed by atoms with E-state index >= 15 is 0 Å². The van der Waals surface area contributed by atoms with Gasteiger partial charge >= 0.3 is 5.97 Å². The number of benzene rings is 3. The summed E-state index contributed by atoms with van der Waals surface area (Å²) in [6.45, 7) is 2.21. The van der Waals surface area contributed by atoms with Crippen molar-refractivity contribution in [3.05, 3.63) is 113 Å². The fourth-order valence-electron chi connectivity index (χ4n) is 5.78. The van der Waals surface area contributed by atoms with Crippen molar-refractivity contribution in [2.24, 2.45) is 0 Å². The third-order valence-electron chi connectivity index (χ3n) is 8.20. The standard InChI is InChI=1S/C20H14Cl2F2N2O3.C13H11Cl2FN2O2/c21-14-10-15(24)13(17-18(22)25-7-1-2-8-26(25)19(17)27)9-16(14)29-20(28)11-3-5-12(23)6-4-11;14-8-6-9(16)7(5-10(8)19)11-12(15)17-3-1-2-4-18(17)13(11)20/h3-6,9-10H,1-2,7-8H2;5-6,19H,1-4H2. The topological polar surface area (TPSA) is 100 Å². The van der Waals surface area contributed by atoms with Gasteiger partial charge in [-0.05, 0) is 74.2 Å². The third-order valence-corrected chi connectivity index (χ3v) is 9.57. The molecule has 2 aromatic heterocycles. The van der Waals surface area contributed by atoms with Gasteiger partial charge in [0.15, 0.2) is 5.75 Å². The zero-order valence-corrected chi connectivity index (χ0v) is 28.3. The van der Waals surface area contributed by atoms with Crippen LogP contribution in [-0.2, 0) is 26.2 Å². The van der Waals surface area contributed by atoms with Crippen molar-refractivity contribution in [1.29, 1.82) is 0 Å². The highest BCUT2D eigenvalue weighted by Gasteiger charge is 2.27. The maximum absolute atomic E-state index is 14.7. The maximum Gasteiger partial charge on any atom is 0.343 e. The number of rotatable bonds is 4. The van der Waals surface area contributed by atoms with Crippen LogP contribution in [-0.4, -0.2) is 29.8 Å². The molecule has 0 unspecified atom stereocenters. The number of hydrogen-bond acceptors (Lipinski definition) is 5. The molecule has 3 aromatic carbocycles. The number of fused-ring (bicyclic) bond motifs is 2. The molecule has 2 aliphatic heterocycles. The Bertz CT molecular complexity index is 2230. The molecule has 5 aromatic rings. The lowest BCUT2D eigenvalue weighted by Crippen LogP contribution is -2.27. The molecule has 2 aliphatic rings. The van der Waals surface area contributed by atoms with Gasteiger partial charge in [0.25, 0.3) is 11.1 Å². The maximum atomic E-state index is 14.7. The molecular formula is C33H25Cl4F3N4O5. The third kappa shape index (κ3) is 6.62. The second kappa shape index (κ2) is 14.0. The van der Waals surface area contributed by atoms with Crippen LogP contribution in [0.1, 0.15) is 36.0 Å². The number of phenols is 1. The summed E-state index contributed by atoms with van der Waals surface area (Å²) in [6, 6.07) is 8.97. The van der Waals surface area contributed by atoms with Gasteiger partial charge in [-0.25, -0.2) is 27.3 Å². The van der Waals surface area contributed by atoms with Crippen LogP contribution in [0.25, 0.3) is 22.3 Å². The van der Waals surface area contributed by atoms with Gasteiger partial charge in [0.05, 0.1) is 26.7 Å². The van der Waals surface area contributed by atoms with E-state index in [0.29, 0.717) is 26.2 Å². The number of carbonyl (C=O) groups excluding carboxylic acids is 1. The van der Waals surface area contributed by atoms with Gasteiger partial charge in [0.2, 0.25) is 0 Å². The molecule has 7 rings (SSSR count). The largest absolute Gasteiger partial charge is 0.506 e. The van der Waals surface area contributed by atoms with Crippen LogP contribution in [0.3, 0.4) is 0 Å². The minimum absolute atomic E-state index is 0.0122. The van der Waals surface area contributed by atoms with Crippen molar-refractivity contribution in [3.8, 4) is 33.8 Å². The summed E-state index contributed by atoms with van der Waals surface area (Å²) in [5.74, 6) is -3.18. The molecular weight excluding hydrogens is 731 g/mol. The molecule has 4 heterocycles. The highest BCUT2D eigenvalue weighted by molar-refractivity contribution is 6.34. The number of aromatic nitrogens is 4. The van der Waals surface area contributed by atoms with Crippen LogP contribution >= 0.6 is 46.4 Å². The summed E-state index contributed by atoms with van der Waals surface area (Å²) in [4.78, 5) is 37.4. The van der Waals surface area contributed by atoms with Crippen molar-refractivity contribution >= 4 is 52.4 Å². The second-order valence-electron chi connectivity index (χ2n) is 11.3. The van der Waals surface area contributed by atoms with Gasteiger partial charge in [-0.3, -0.25) is 19.0 Å². The lowest BCUT2D eigenvalue weighted by atomic mass is 10.1. The molecule has 1 N–H and O–H groups in total. The fraction of sp³-hybridized carbons (Fsp3) is 0.242. The van der Waals surface area contributed by atoms with Gasteiger partial charge in [0, 0.05) is 37.3 Å². The SMILES string of the molecule is O=C(Oc1cc(-c2c(Cl)n3n(c2=O)CCCC3)c(F)cc1Cl)c1ccc(F)cc1.O=c1c(-c2cc(O)c(Cl)cc2F)c(Cl)n2n1CCCC2. The predicted octanol–water partition coefficient (Wildman–Crippen LogP) is 8.18. The minimum Gasteiger partial charge on any atom is -0.506 e. The Balaban J connectivity index is 0.000000182. The Kier molecular flexibility index (Phi) is 9.95. The Hall–Kier alpha value is -4.10. The molecule has 0 bridgehead atoms. The predicted molar refractivity (Wildman–Crippen MR) is 180 cm³/mol. The first-order valence-corrected chi connectivity index (χ1v) is 16.5. The summed E-state index contributed by atoms with van der Waals surface area (Å²) < 4.78 is 53.2. The molecule has 256 valence electrons. The number of halogens is 7. The van der Waals surface area contributed by atoms with Crippen molar-refractivity contribution < 1.29 is 27.8 Å². The van der Waals surface area contributed by atoms with Crippen LogP contribution in [0.4, 0.5) is 13.2 Å². The number of carbonyl (C=O) groups is 1. The summed E-state index contributed by atoms with van der Waals surface area (Å²) in [5.41, 5.74) is -0.773. The van der Waals surface area contributed by atoms with Crippen LogP contribution in [0, 0.1) is 17.5 Å². The van der Waals surface area contributed by atoms with Crippen molar-refractivity contribution in [1.82, 2.24) is 18.7 Å². The first-order valence-electron chi connectivity index (χ1n) is 15.0. The number of esters is 1. The van der Waals surface area contributed by atoms with Gasteiger partial charge in [-0.1, -0.05) is 46.4 Å². The van der Waals surface area contributed by atoms with Crippen LogP contribution in [0.2, 0.25) is 20.4 Å². The number of nitrogens with zero attached hydrogens (tertiary/aromatic N) is 4. The molecule has 49 heavy (non-hydrogen) atoms. The lowest BCUT2D eigenvalue weighted by molar-refractivity contribution is 0.0734. The molecule has 16 heteroatoms. The van der Waals surface area contributed by atoms with E-state index in [9.17, 15) is 32.7 Å². The van der Waals surface area contributed by atoms with E-state index < -0.39 is 29.0 Å². The molecule has 0 saturated carbocycles. The Morgan fingerprint density at radius 3 is 1.59 bits per heavy atom. The Morgan fingerprint density at radius 2 is 1.10 bits per heavy atom. The summed E-state index contributed by atoms with van der Waals surface area (Å²) in [5, 5.41) is 9.66. The summed E-state index contributed by atoms with van der Waals surface area (Å²) in [7, 11) is 0. The summed E-state index contributed by atoms with van der Waals surface area (Å²) in [6.07, 6.45) is 3.48. The smallest absolute Gasteiger partial charge is 0.343 e. The first-order chi connectivity index (χ1) is 23.4. The van der Waals surface area contributed by atoms with Crippen molar-refractivity contribution in [2.45, 2.75) is 51.9 Å². The molecule has 0 amide bonds. The normalized spacial score (nSPS) is 13.7. The van der Waals surface area contributed by atoms with Gasteiger partial charge < -0.3 is 9.84 Å². The quantitative estimate of drug-likeness (QED) is 0.147. The monoisotopic (exact) mass is 754 g/mol. The van der Waals surface area contributed by atoms with E-state index in [4.69, 9.17) is 51.1 Å². The van der Waals surface area contributed by atoms with E-state index in [2.05, 4.69) is 0 Å². The van der Waals surface area contributed by atoms with E-state index in [1.807, 2.05) is 0 Å². The van der Waals surface area contributed by atoms with E-state index in [0.717, 1.165) is 56.0 Å². The molecule has 0 radical (unpaired) electrons. The zero-order valence-electron chi connectivity index (χ0n) is 25.3. The average molecular weight is 756 g/mol. The second-order valence-corrected chi connectivity index (χ2v) is 12.8. The number of phenolic OH excluding ortho intramolecular Hbond substituents is 1. The highest BCUT2D eigenvalue weighted by Crippen LogP contribution is 2.37.